The Morgan fingerprint density at radius 3 is 2.42 bits per heavy atom. The molecule has 0 radical (unpaired) electrons. The minimum absolute atomic E-state index is 0.0962. The van der Waals surface area contributed by atoms with Gasteiger partial charge in [0.25, 0.3) is 11.8 Å². The van der Waals surface area contributed by atoms with E-state index in [4.69, 9.17) is 4.74 Å². The minimum atomic E-state index is -1.25. The number of halogens is 1. The number of rotatable bonds is 6. The van der Waals surface area contributed by atoms with Crippen LogP contribution in [0.5, 0.6) is 5.75 Å². The van der Waals surface area contributed by atoms with E-state index in [0.29, 0.717) is 18.0 Å². The highest BCUT2D eigenvalue weighted by Gasteiger charge is 2.53. The summed E-state index contributed by atoms with van der Waals surface area (Å²) in [5, 5.41) is 4.37. The number of carbonyl (C=O) groups is 2. The van der Waals surface area contributed by atoms with E-state index in [-0.39, 0.29) is 24.4 Å². The largest absolute Gasteiger partial charge is 0.497 e. The Morgan fingerprint density at radius 1 is 0.975 bits per heavy atom. The molecule has 0 saturated heterocycles. The van der Waals surface area contributed by atoms with Crippen LogP contribution < -0.4 is 10.1 Å². The molecule has 1 unspecified atom stereocenters. The number of benzene rings is 3. The second kappa shape index (κ2) is 11.1. The van der Waals surface area contributed by atoms with E-state index in [1.165, 1.54) is 12.8 Å². The summed E-state index contributed by atoms with van der Waals surface area (Å²) in [6.45, 7) is 0.593. The molecule has 2 aliphatic rings. The Balaban J connectivity index is 1.55. The van der Waals surface area contributed by atoms with Crippen LogP contribution in [0, 0.1) is 0 Å². The smallest absolute Gasteiger partial charge is 0.272 e. The van der Waals surface area contributed by atoms with Crippen LogP contribution >= 0.6 is 15.9 Å². The molecule has 40 heavy (non-hydrogen) atoms. The van der Waals surface area contributed by atoms with Crippen molar-refractivity contribution in [3.63, 3.8) is 0 Å². The molecule has 4 aromatic rings. The Labute approximate surface area is 243 Å². The molecule has 2 heterocycles. The summed E-state index contributed by atoms with van der Waals surface area (Å²) in [6, 6.07) is 25.6. The maximum atomic E-state index is 14.8. The fraction of sp³-hybridized carbons (Fsp3) is 0.333. The quantitative estimate of drug-likeness (QED) is 0.248. The zero-order valence-electron chi connectivity index (χ0n) is 22.7. The second-order valence-electron chi connectivity index (χ2n) is 10.9. The van der Waals surface area contributed by atoms with Gasteiger partial charge in [0.15, 0.2) is 5.54 Å². The normalized spacial score (nSPS) is 19.8. The van der Waals surface area contributed by atoms with Crippen molar-refractivity contribution < 1.29 is 14.3 Å². The standard InChI is InChI=1S/C33H34BrN3O3/c1-40-27-18-17-23-19-30-31(38)37(21-24-11-9-10-16-28(24)34)33(22-36(30)29(23)20-27,25-12-5-4-6-13-25)32(39)35-26-14-7-2-3-8-15-26/h4-6,9-13,16-20,26H,2-3,7-8,14-15,21-22H2,1H3,(H,35,39). The van der Waals surface area contributed by atoms with Crippen LogP contribution in [0.4, 0.5) is 0 Å². The Bertz CT molecular complexity index is 1540. The molecule has 206 valence electrons. The molecule has 7 heteroatoms. The number of methoxy groups -OCH3 is 1. The number of carbonyl (C=O) groups excluding carboxylic acids is 2. The Hall–Kier alpha value is -3.58. The first-order chi connectivity index (χ1) is 19.5. The van der Waals surface area contributed by atoms with Crippen molar-refractivity contribution in [2.75, 3.05) is 7.11 Å². The van der Waals surface area contributed by atoms with Crippen LogP contribution in [0.1, 0.15) is 60.1 Å². The van der Waals surface area contributed by atoms with Gasteiger partial charge >= 0.3 is 0 Å². The maximum absolute atomic E-state index is 14.8. The van der Waals surface area contributed by atoms with Gasteiger partial charge in [-0.1, -0.05) is 90.1 Å². The molecule has 1 aliphatic heterocycles. The minimum Gasteiger partial charge on any atom is -0.497 e. The fourth-order valence-electron chi connectivity index (χ4n) is 6.35. The van der Waals surface area contributed by atoms with E-state index in [9.17, 15) is 9.59 Å². The molecule has 1 N–H and O–H groups in total. The van der Waals surface area contributed by atoms with Crippen molar-refractivity contribution in [2.45, 2.75) is 63.2 Å². The topological polar surface area (TPSA) is 63.6 Å². The molecule has 1 saturated carbocycles. The number of nitrogens with zero attached hydrogens (tertiary/aromatic N) is 2. The SMILES string of the molecule is COc1ccc2cc3n(c2c1)CC(C(=O)NC1CCCCCC1)(c1ccccc1)N(Cc1ccccc1Br)C3=O. The highest BCUT2D eigenvalue weighted by Crippen LogP contribution is 2.41. The number of fused-ring (bicyclic) bond motifs is 3. The van der Waals surface area contributed by atoms with Gasteiger partial charge in [-0.05, 0) is 48.2 Å². The van der Waals surface area contributed by atoms with Crippen molar-refractivity contribution in [1.82, 2.24) is 14.8 Å². The lowest BCUT2D eigenvalue weighted by Crippen LogP contribution is -2.64. The van der Waals surface area contributed by atoms with Gasteiger partial charge in [0, 0.05) is 28.5 Å². The van der Waals surface area contributed by atoms with E-state index in [0.717, 1.165) is 52.2 Å². The first kappa shape index (κ1) is 26.6. The predicted molar refractivity (Wildman–Crippen MR) is 160 cm³/mol. The van der Waals surface area contributed by atoms with Gasteiger partial charge in [0.1, 0.15) is 11.4 Å². The monoisotopic (exact) mass is 599 g/mol. The van der Waals surface area contributed by atoms with Gasteiger partial charge in [-0.15, -0.1) is 0 Å². The van der Waals surface area contributed by atoms with Crippen LogP contribution in [-0.4, -0.2) is 34.4 Å². The molecule has 1 atom stereocenters. The predicted octanol–water partition coefficient (Wildman–Crippen LogP) is 6.80. The van der Waals surface area contributed by atoms with Crippen molar-refractivity contribution in [3.8, 4) is 5.75 Å². The lowest BCUT2D eigenvalue weighted by Gasteiger charge is -2.47. The van der Waals surface area contributed by atoms with E-state index in [1.54, 1.807) is 12.0 Å². The summed E-state index contributed by atoms with van der Waals surface area (Å²) >= 11 is 3.68. The molecule has 1 aliphatic carbocycles. The van der Waals surface area contributed by atoms with Crippen molar-refractivity contribution >= 4 is 38.6 Å². The van der Waals surface area contributed by atoms with Gasteiger partial charge in [-0.25, -0.2) is 0 Å². The first-order valence-electron chi connectivity index (χ1n) is 14.1. The summed E-state index contributed by atoms with van der Waals surface area (Å²) in [4.78, 5) is 31.1. The average molecular weight is 601 g/mol. The molecule has 0 bridgehead atoms. The van der Waals surface area contributed by atoms with Crippen LogP contribution in [0.2, 0.25) is 0 Å². The third-order valence-corrected chi connectivity index (χ3v) is 9.30. The zero-order valence-corrected chi connectivity index (χ0v) is 24.3. The second-order valence-corrected chi connectivity index (χ2v) is 11.8. The summed E-state index contributed by atoms with van der Waals surface area (Å²) < 4.78 is 8.44. The Kier molecular flexibility index (Phi) is 7.41. The molecule has 6 nitrogen and oxygen atoms in total. The maximum Gasteiger partial charge on any atom is 0.272 e. The molecular weight excluding hydrogens is 566 g/mol. The molecule has 0 spiro atoms. The third kappa shape index (κ3) is 4.70. The van der Waals surface area contributed by atoms with Crippen molar-refractivity contribution in [1.29, 1.82) is 0 Å². The molecule has 6 rings (SSSR count). The fourth-order valence-corrected chi connectivity index (χ4v) is 6.76. The lowest BCUT2D eigenvalue weighted by atomic mass is 9.83. The highest BCUT2D eigenvalue weighted by molar-refractivity contribution is 9.10. The molecular formula is C33H34BrN3O3. The van der Waals surface area contributed by atoms with E-state index in [2.05, 4.69) is 21.2 Å². The molecule has 3 aromatic carbocycles. The van der Waals surface area contributed by atoms with Gasteiger partial charge in [0.2, 0.25) is 0 Å². The van der Waals surface area contributed by atoms with Gasteiger partial charge in [0.05, 0.1) is 19.2 Å². The summed E-state index contributed by atoms with van der Waals surface area (Å²) in [5.41, 5.74) is 1.96. The average Bonchev–Trinajstić information content (AvgIpc) is 3.14. The van der Waals surface area contributed by atoms with Crippen molar-refractivity contribution in [2.24, 2.45) is 0 Å². The zero-order chi connectivity index (χ0) is 27.7. The molecule has 2 amide bonds. The summed E-state index contributed by atoms with van der Waals surface area (Å²) in [5.74, 6) is 0.420. The molecule has 1 aromatic heterocycles. The van der Waals surface area contributed by atoms with Crippen LogP contribution in [0.25, 0.3) is 10.9 Å². The number of amides is 2. The van der Waals surface area contributed by atoms with Gasteiger partial charge in [-0.3, -0.25) is 9.59 Å². The van der Waals surface area contributed by atoms with E-state index in [1.807, 2.05) is 83.4 Å². The number of hydrogen-bond acceptors (Lipinski definition) is 3. The highest BCUT2D eigenvalue weighted by atomic mass is 79.9. The van der Waals surface area contributed by atoms with E-state index >= 15 is 0 Å². The Morgan fingerprint density at radius 2 is 1.70 bits per heavy atom. The van der Waals surface area contributed by atoms with Crippen LogP contribution in [0.15, 0.2) is 83.3 Å². The third-order valence-electron chi connectivity index (χ3n) is 8.53. The lowest BCUT2D eigenvalue weighted by molar-refractivity contribution is -0.136. The molecule has 1 fully saturated rings. The summed E-state index contributed by atoms with van der Waals surface area (Å²) in [6.07, 6.45) is 6.53. The first-order valence-corrected chi connectivity index (χ1v) is 14.9. The van der Waals surface area contributed by atoms with E-state index < -0.39 is 5.54 Å². The number of nitrogens with one attached hydrogen (secondary N) is 1. The van der Waals surface area contributed by atoms with Gasteiger partial charge in [-0.2, -0.15) is 0 Å². The van der Waals surface area contributed by atoms with Crippen LogP contribution in [0.3, 0.4) is 0 Å². The van der Waals surface area contributed by atoms with Gasteiger partial charge < -0.3 is 19.5 Å². The number of aromatic nitrogens is 1. The van der Waals surface area contributed by atoms with Crippen LogP contribution in [-0.2, 0) is 23.4 Å². The summed E-state index contributed by atoms with van der Waals surface area (Å²) in [7, 11) is 1.64. The van der Waals surface area contributed by atoms with Crippen molar-refractivity contribution in [3.05, 3.63) is 100 Å². The number of hydrogen-bond donors (Lipinski definition) is 1. The number of ether oxygens (including phenoxy) is 1.